The van der Waals surface area contributed by atoms with Gasteiger partial charge < -0.3 is 19.5 Å². The van der Waals surface area contributed by atoms with Gasteiger partial charge in [0.2, 0.25) is 0 Å². The molecular weight excluding hydrogens is 335 g/mol. The maximum Gasteiger partial charge on any atom is 0.142 e. The van der Waals surface area contributed by atoms with Crippen LogP contribution in [0.1, 0.15) is 0 Å². The van der Waals surface area contributed by atoms with E-state index < -0.39 is 6.10 Å². The van der Waals surface area contributed by atoms with Crippen LogP contribution in [-0.2, 0) is 0 Å². The molecule has 0 radical (unpaired) electrons. The Balaban J connectivity index is 1.44. The van der Waals surface area contributed by atoms with Gasteiger partial charge in [-0.2, -0.15) is 0 Å². The lowest BCUT2D eigenvalue weighted by molar-refractivity contribution is 0.0662. The average Bonchev–Trinajstić information content (AvgIpc) is 2.68. The van der Waals surface area contributed by atoms with E-state index in [2.05, 4.69) is 15.9 Å². The van der Waals surface area contributed by atoms with Gasteiger partial charge >= 0.3 is 0 Å². The highest BCUT2D eigenvalue weighted by atomic mass is 19.1. The minimum absolute atomic E-state index is 0.193. The first-order chi connectivity index (χ1) is 12.7. The zero-order valence-corrected chi connectivity index (χ0v) is 15.0. The smallest absolute Gasteiger partial charge is 0.142 e. The number of rotatable bonds is 7. The van der Waals surface area contributed by atoms with Gasteiger partial charge in [0.25, 0.3) is 0 Å². The quantitative estimate of drug-likeness (QED) is 0.822. The number of aliphatic hydroxyl groups is 1. The normalized spacial score (nSPS) is 16.3. The van der Waals surface area contributed by atoms with Crippen LogP contribution in [0.3, 0.4) is 0 Å². The van der Waals surface area contributed by atoms with Crippen molar-refractivity contribution in [2.24, 2.45) is 0 Å². The van der Waals surface area contributed by atoms with Gasteiger partial charge in [-0.15, -0.1) is 0 Å². The summed E-state index contributed by atoms with van der Waals surface area (Å²) in [5, 5.41) is 10.2. The third-order valence-electron chi connectivity index (χ3n) is 4.52. The molecule has 2 aromatic carbocycles. The van der Waals surface area contributed by atoms with Crippen LogP contribution in [0, 0.1) is 5.82 Å². The Labute approximate surface area is 153 Å². The molecule has 1 heterocycles. The van der Waals surface area contributed by atoms with Crippen LogP contribution in [0.25, 0.3) is 0 Å². The van der Waals surface area contributed by atoms with E-state index in [4.69, 9.17) is 9.47 Å². The van der Waals surface area contributed by atoms with Crippen molar-refractivity contribution in [3.05, 3.63) is 54.3 Å². The van der Waals surface area contributed by atoms with Crippen molar-refractivity contribution in [1.82, 2.24) is 4.90 Å². The monoisotopic (exact) mass is 360 g/mol. The van der Waals surface area contributed by atoms with Crippen LogP contribution in [0.2, 0.25) is 0 Å². The topological polar surface area (TPSA) is 45.2 Å². The molecule has 1 N–H and O–H groups in total. The molecule has 1 saturated heterocycles. The van der Waals surface area contributed by atoms with Crippen LogP contribution in [0.15, 0.2) is 48.5 Å². The minimum Gasteiger partial charge on any atom is -0.495 e. The summed E-state index contributed by atoms with van der Waals surface area (Å²) in [5.74, 6) is 1.14. The first-order valence-electron chi connectivity index (χ1n) is 8.82. The Kier molecular flexibility index (Phi) is 6.30. The molecule has 3 rings (SSSR count). The number of β-amino-alcohol motifs (C(OH)–C–C–N with tert-alkyl or cyclic N) is 1. The number of hydrogen-bond acceptors (Lipinski definition) is 5. The van der Waals surface area contributed by atoms with E-state index in [1.165, 1.54) is 12.1 Å². The first-order valence-corrected chi connectivity index (χ1v) is 8.82. The SMILES string of the molecule is COc1ccccc1N1CCN(CC(O)COc2ccc(F)cc2)CC1. The predicted molar refractivity (Wildman–Crippen MR) is 99.5 cm³/mol. The van der Waals surface area contributed by atoms with Gasteiger partial charge in [-0.25, -0.2) is 4.39 Å². The molecule has 1 unspecified atom stereocenters. The number of hydrogen-bond donors (Lipinski definition) is 1. The second-order valence-corrected chi connectivity index (χ2v) is 6.38. The van der Waals surface area contributed by atoms with Crippen molar-refractivity contribution >= 4 is 5.69 Å². The number of ether oxygens (including phenoxy) is 2. The van der Waals surface area contributed by atoms with Gasteiger partial charge in [-0.1, -0.05) is 12.1 Å². The molecule has 1 aliphatic rings. The zero-order chi connectivity index (χ0) is 18.4. The fourth-order valence-electron chi connectivity index (χ4n) is 3.14. The largest absolute Gasteiger partial charge is 0.495 e. The third kappa shape index (κ3) is 4.86. The van der Waals surface area contributed by atoms with Gasteiger partial charge in [0.05, 0.1) is 12.8 Å². The van der Waals surface area contributed by atoms with E-state index in [0.29, 0.717) is 12.3 Å². The lowest BCUT2D eigenvalue weighted by Crippen LogP contribution is -2.49. The first kappa shape index (κ1) is 18.5. The molecule has 1 aliphatic heterocycles. The van der Waals surface area contributed by atoms with Crippen LogP contribution in [0.4, 0.5) is 10.1 Å². The Morgan fingerprint density at radius 1 is 1.04 bits per heavy atom. The Morgan fingerprint density at radius 2 is 1.73 bits per heavy atom. The van der Waals surface area contributed by atoms with E-state index >= 15 is 0 Å². The van der Waals surface area contributed by atoms with Crippen molar-refractivity contribution in [1.29, 1.82) is 0 Å². The standard InChI is InChI=1S/C20H25FN2O3/c1-25-20-5-3-2-4-19(20)23-12-10-22(11-13-23)14-17(24)15-26-18-8-6-16(21)7-9-18/h2-9,17,24H,10-15H2,1H3. The summed E-state index contributed by atoms with van der Waals surface area (Å²) in [4.78, 5) is 4.53. The van der Waals surface area contributed by atoms with Gasteiger partial charge in [-0.05, 0) is 36.4 Å². The Bertz CT molecular complexity index is 688. The number of anilines is 1. The highest BCUT2D eigenvalue weighted by Gasteiger charge is 2.21. The summed E-state index contributed by atoms with van der Waals surface area (Å²) in [6, 6.07) is 13.8. The molecule has 1 fully saturated rings. The Hall–Kier alpha value is -2.31. The zero-order valence-electron chi connectivity index (χ0n) is 15.0. The predicted octanol–water partition coefficient (Wildman–Crippen LogP) is 2.40. The highest BCUT2D eigenvalue weighted by Crippen LogP contribution is 2.28. The maximum atomic E-state index is 12.9. The molecular formula is C20H25FN2O3. The number of nitrogens with zero attached hydrogens (tertiary/aromatic N) is 2. The van der Waals surface area contributed by atoms with Crippen molar-refractivity contribution in [3.8, 4) is 11.5 Å². The molecule has 0 spiro atoms. The van der Waals surface area contributed by atoms with Crippen molar-refractivity contribution in [2.75, 3.05) is 51.3 Å². The summed E-state index contributed by atoms with van der Waals surface area (Å²) in [5.41, 5.74) is 1.11. The summed E-state index contributed by atoms with van der Waals surface area (Å²) >= 11 is 0. The third-order valence-corrected chi connectivity index (χ3v) is 4.52. The molecule has 0 amide bonds. The van der Waals surface area contributed by atoms with E-state index in [1.807, 2.05) is 18.2 Å². The molecule has 140 valence electrons. The number of piperazine rings is 1. The number of aliphatic hydroxyl groups excluding tert-OH is 1. The second kappa shape index (κ2) is 8.87. The summed E-state index contributed by atoms with van der Waals surface area (Å²) in [6.07, 6.45) is -0.585. The van der Waals surface area contributed by atoms with Gasteiger partial charge in [0.1, 0.15) is 30.0 Å². The molecule has 0 bridgehead atoms. The van der Waals surface area contributed by atoms with Crippen LogP contribution in [0.5, 0.6) is 11.5 Å². The molecule has 6 heteroatoms. The highest BCUT2D eigenvalue weighted by molar-refractivity contribution is 5.58. The molecule has 0 aliphatic carbocycles. The lowest BCUT2D eigenvalue weighted by Gasteiger charge is -2.37. The maximum absolute atomic E-state index is 12.9. The summed E-state index contributed by atoms with van der Waals surface area (Å²) in [6.45, 7) is 4.24. The van der Waals surface area contributed by atoms with Gasteiger partial charge in [-0.3, -0.25) is 4.90 Å². The molecule has 0 aromatic heterocycles. The van der Waals surface area contributed by atoms with Crippen molar-refractivity contribution < 1.29 is 19.0 Å². The van der Waals surface area contributed by atoms with E-state index in [1.54, 1.807) is 19.2 Å². The lowest BCUT2D eigenvalue weighted by atomic mass is 10.2. The van der Waals surface area contributed by atoms with Crippen LogP contribution >= 0.6 is 0 Å². The molecule has 26 heavy (non-hydrogen) atoms. The van der Waals surface area contributed by atoms with E-state index in [-0.39, 0.29) is 12.4 Å². The molecule has 0 saturated carbocycles. The van der Waals surface area contributed by atoms with Crippen LogP contribution < -0.4 is 14.4 Å². The number of methoxy groups -OCH3 is 1. The molecule has 1 atom stereocenters. The fourth-order valence-corrected chi connectivity index (χ4v) is 3.14. The number of halogens is 1. The fraction of sp³-hybridized carbons (Fsp3) is 0.400. The molecule has 2 aromatic rings. The Morgan fingerprint density at radius 3 is 2.42 bits per heavy atom. The summed E-state index contributed by atoms with van der Waals surface area (Å²) < 4.78 is 23.8. The number of benzene rings is 2. The van der Waals surface area contributed by atoms with Gasteiger partial charge in [0, 0.05) is 32.7 Å². The van der Waals surface area contributed by atoms with Crippen molar-refractivity contribution in [2.45, 2.75) is 6.10 Å². The van der Waals surface area contributed by atoms with Gasteiger partial charge in [0.15, 0.2) is 0 Å². The van der Waals surface area contributed by atoms with Crippen molar-refractivity contribution in [3.63, 3.8) is 0 Å². The number of para-hydroxylation sites is 2. The minimum atomic E-state index is -0.585. The van der Waals surface area contributed by atoms with Crippen LogP contribution in [-0.4, -0.2) is 62.6 Å². The summed E-state index contributed by atoms with van der Waals surface area (Å²) in [7, 11) is 1.69. The molecule has 5 nitrogen and oxygen atoms in total. The van der Waals surface area contributed by atoms with E-state index in [9.17, 15) is 9.50 Å². The van der Waals surface area contributed by atoms with E-state index in [0.717, 1.165) is 37.6 Å². The average molecular weight is 360 g/mol. The second-order valence-electron chi connectivity index (χ2n) is 6.38.